The molecule has 122 valence electrons. The quantitative estimate of drug-likeness (QED) is 0.906. The van der Waals surface area contributed by atoms with Gasteiger partial charge >= 0.3 is 0 Å². The molecule has 0 bridgehead atoms. The molecule has 1 aromatic heterocycles. The van der Waals surface area contributed by atoms with E-state index < -0.39 is 5.79 Å². The maximum Gasteiger partial charge on any atom is 0.166 e. The summed E-state index contributed by atoms with van der Waals surface area (Å²) in [5.41, 5.74) is 2.56. The molecular formula is C17H27N3O2. The van der Waals surface area contributed by atoms with Crippen molar-refractivity contribution in [3.8, 4) is 0 Å². The maximum absolute atomic E-state index is 5.70. The normalized spacial score (nSPS) is 21.4. The number of hydrogen-bond acceptors (Lipinski definition) is 5. The first-order valence-electron chi connectivity index (χ1n) is 8.44. The molecule has 1 unspecified atom stereocenters. The van der Waals surface area contributed by atoms with E-state index in [1.807, 2.05) is 13.8 Å². The van der Waals surface area contributed by atoms with E-state index in [4.69, 9.17) is 9.47 Å². The van der Waals surface area contributed by atoms with Crippen LogP contribution in [0.4, 0.5) is 5.82 Å². The van der Waals surface area contributed by atoms with E-state index in [1.165, 1.54) is 24.1 Å². The Hall–Kier alpha value is -1.20. The largest absolute Gasteiger partial charge is 0.369 e. The molecule has 1 N–H and O–H groups in total. The van der Waals surface area contributed by atoms with Crippen molar-refractivity contribution in [3.05, 3.63) is 17.1 Å². The van der Waals surface area contributed by atoms with Crippen LogP contribution in [0.3, 0.4) is 0 Å². The molecule has 1 aliphatic heterocycles. The SMILES string of the molecule is Cc1nc2c(c(NCC(C)CC3(C)OCCO3)n1)CCCC2. The third-order valence-corrected chi connectivity index (χ3v) is 4.53. The van der Waals surface area contributed by atoms with Crippen LogP contribution in [0.1, 0.15) is 50.2 Å². The Balaban J connectivity index is 1.62. The fourth-order valence-electron chi connectivity index (χ4n) is 3.51. The summed E-state index contributed by atoms with van der Waals surface area (Å²) >= 11 is 0. The van der Waals surface area contributed by atoms with Crippen LogP contribution < -0.4 is 5.32 Å². The fraction of sp³-hybridized carbons (Fsp3) is 0.765. The molecule has 2 aliphatic rings. The van der Waals surface area contributed by atoms with Crippen molar-refractivity contribution in [2.75, 3.05) is 25.1 Å². The molecule has 5 nitrogen and oxygen atoms in total. The van der Waals surface area contributed by atoms with Crippen LogP contribution in [0.15, 0.2) is 0 Å². The molecule has 1 saturated heterocycles. The number of aromatic nitrogens is 2. The van der Waals surface area contributed by atoms with Crippen molar-refractivity contribution < 1.29 is 9.47 Å². The highest BCUT2D eigenvalue weighted by Crippen LogP contribution is 2.28. The topological polar surface area (TPSA) is 56.3 Å². The average Bonchev–Trinajstić information content (AvgIpc) is 2.90. The lowest BCUT2D eigenvalue weighted by Crippen LogP contribution is -2.30. The first-order chi connectivity index (χ1) is 10.6. The summed E-state index contributed by atoms with van der Waals surface area (Å²) in [6, 6.07) is 0. The van der Waals surface area contributed by atoms with Crippen LogP contribution in [0.2, 0.25) is 0 Å². The zero-order valence-electron chi connectivity index (χ0n) is 13.9. The summed E-state index contributed by atoms with van der Waals surface area (Å²) in [4.78, 5) is 9.23. The Morgan fingerprint density at radius 2 is 1.91 bits per heavy atom. The maximum atomic E-state index is 5.70. The van der Waals surface area contributed by atoms with Crippen molar-refractivity contribution in [1.29, 1.82) is 0 Å². The average molecular weight is 305 g/mol. The Bertz CT molecular complexity index is 527. The van der Waals surface area contributed by atoms with Gasteiger partial charge < -0.3 is 14.8 Å². The van der Waals surface area contributed by atoms with Crippen molar-refractivity contribution in [2.24, 2.45) is 5.92 Å². The van der Waals surface area contributed by atoms with E-state index in [-0.39, 0.29) is 0 Å². The van der Waals surface area contributed by atoms with Crippen LogP contribution in [0.5, 0.6) is 0 Å². The van der Waals surface area contributed by atoms with Crippen LogP contribution >= 0.6 is 0 Å². The molecule has 0 saturated carbocycles. The number of anilines is 1. The predicted octanol–water partition coefficient (Wildman–Crippen LogP) is 2.86. The van der Waals surface area contributed by atoms with Crippen molar-refractivity contribution >= 4 is 5.82 Å². The first kappa shape index (κ1) is 15.7. The van der Waals surface area contributed by atoms with Gasteiger partial charge in [-0.2, -0.15) is 0 Å². The lowest BCUT2D eigenvalue weighted by Gasteiger charge is -2.26. The Morgan fingerprint density at radius 3 is 2.68 bits per heavy atom. The molecule has 1 fully saturated rings. The number of fused-ring (bicyclic) bond motifs is 1. The van der Waals surface area contributed by atoms with Crippen LogP contribution in [0, 0.1) is 12.8 Å². The van der Waals surface area contributed by atoms with Crippen molar-refractivity contribution in [3.63, 3.8) is 0 Å². The fourth-order valence-corrected chi connectivity index (χ4v) is 3.51. The van der Waals surface area contributed by atoms with E-state index in [2.05, 4.69) is 22.2 Å². The molecular weight excluding hydrogens is 278 g/mol. The molecule has 5 heteroatoms. The molecule has 2 heterocycles. The van der Waals surface area contributed by atoms with Crippen molar-refractivity contribution in [1.82, 2.24) is 9.97 Å². The van der Waals surface area contributed by atoms with Gasteiger partial charge in [0, 0.05) is 24.2 Å². The Labute approximate surface area is 132 Å². The number of rotatable bonds is 5. The van der Waals surface area contributed by atoms with Gasteiger partial charge in [0.05, 0.1) is 13.2 Å². The predicted molar refractivity (Wildman–Crippen MR) is 86.0 cm³/mol. The molecule has 1 atom stereocenters. The van der Waals surface area contributed by atoms with Gasteiger partial charge in [0.2, 0.25) is 0 Å². The third kappa shape index (κ3) is 3.58. The number of aryl methyl sites for hydroxylation is 2. The molecule has 0 radical (unpaired) electrons. The Morgan fingerprint density at radius 1 is 1.18 bits per heavy atom. The molecule has 0 spiro atoms. The monoisotopic (exact) mass is 305 g/mol. The minimum atomic E-state index is -0.415. The van der Waals surface area contributed by atoms with E-state index in [0.717, 1.165) is 37.4 Å². The summed E-state index contributed by atoms with van der Waals surface area (Å²) in [6.45, 7) is 8.53. The van der Waals surface area contributed by atoms with Crippen LogP contribution in [0.25, 0.3) is 0 Å². The van der Waals surface area contributed by atoms with Crippen LogP contribution in [-0.2, 0) is 22.3 Å². The van der Waals surface area contributed by atoms with Gasteiger partial charge in [-0.3, -0.25) is 0 Å². The van der Waals surface area contributed by atoms with Gasteiger partial charge in [-0.1, -0.05) is 6.92 Å². The van der Waals surface area contributed by atoms with Gasteiger partial charge in [-0.15, -0.1) is 0 Å². The highest BCUT2D eigenvalue weighted by atomic mass is 16.7. The summed E-state index contributed by atoms with van der Waals surface area (Å²) < 4.78 is 11.4. The smallest absolute Gasteiger partial charge is 0.166 e. The van der Waals surface area contributed by atoms with Gasteiger partial charge in [0.1, 0.15) is 11.6 Å². The number of hydrogen-bond donors (Lipinski definition) is 1. The van der Waals surface area contributed by atoms with Gasteiger partial charge in [-0.05, 0) is 45.4 Å². The van der Waals surface area contributed by atoms with Gasteiger partial charge in [0.25, 0.3) is 0 Å². The minimum Gasteiger partial charge on any atom is -0.369 e. The van der Waals surface area contributed by atoms with E-state index in [9.17, 15) is 0 Å². The molecule has 0 aromatic carbocycles. The number of nitrogens with zero attached hydrogens (tertiary/aromatic N) is 2. The van der Waals surface area contributed by atoms with E-state index in [1.54, 1.807) is 0 Å². The summed E-state index contributed by atoms with van der Waals surface area (Å²) in [7, 11) is 0. The molecule has 22 heavy (non-hydrogen) atoms. The van der Waals surface area contributed by atoms with Gasteiger partial charge in [-0.25, -0.2) is 9.97 Å². The third-order valence-electron chi connectivity index (χ3n) is 4.53. The molecule has 1 aromatic rings. The lowest BCUT2D eigenvalue weighted by atomic mass is 9.96. The Kier molecular flexibility index (Phi) is 4.64. The standard InChI is InChI=1S/C17H27N3O2/c1-12(10-17(3)21-8-9-22-17)11-18-16-14-6-4-5-7-15(14)19-13(2)20-16/h12H,4-11H2,1-3H3,(H,18,19,20). The van der Waals surface area contributed by atoms with E-state index in [0.29, 0.717) is 19.1 Å². The summed E-state index contributed by atoms with van der Waals surface area (Å²) in [6.07, 6.45) is 5.56. The van der Waals surface area contributed by atoms with Gasteiger partial charge in [0.15, 0.2) is 5.79 Å². The second-order valence-corrected chi connectivity index (χ2v) is 6.77. The molecule has 1 aliphatic carbocycles. The zero-order valence-corrected chi connectivity index (χ0v) is 13.9. The highest BCUT2D eigenvalue weighted by molar-refractivity contribution is 5.47. The lowest BCUT2D eigenvalue weighted by molar-refractivity contribution is -0.153. The zero-order chi connectivity index (χ0) is 15.6. The minimum absolute atomic E-state index is 0.415. The second-order valence-electron chi connectivity index (χ2n) is 6.77. The number of nitrogens with one attached hydrogen (secondary N) is 1. The van der Waals surface area contributed by atoms with E-state index >= 15 is 0 Å². The summed E-state index contributed by atoms with van der Waals surface area (Å²) in [5.74, 6) is 1.94. The highest BCUT2D eigenvalue weighted by Gasteiger charge is 2.32. The second kappa shape index (κ2) is 6.50. The van der Waals surface area contributed by atoms with Crippen molar-refractivity contribution in [2.45, 2.75) is 58.7 Å². The molecule has 0 amide bonds. The first-order valence-corrected chi connectivity index (χ1v) is 8.44. The number of ether oxygens (including phenoxy) is 2. The van der Waals surface area contributed by atoms with Crippen LogP contribution in [-0.4, -0.2) is 35.5 Å². The molecule has 3 rings (SSSR count). The summed E-state index contributed by atoms with van der Waals surface area (Å²) in [5, 5.41) is 3.54.